The van der Waals surface area contributed by atoms with Gasteiger partial charge in [0.2, 0.25) is 0 Å². The summed E-state index contributed by atoms with van der Waals surface area (Å²) in [6, 6.07) is 11.5. The molecule has 7 heteroatoms. The summed E-state index contributed by atoms with van der Waals surface area (Å²) in [7, 11) is 0. The highest BCUT2D eigenvalue weighted by Gasteiger charge is 2.21. The van der Waals surface area contributed by atoms with Gasteiger partial charge in [-0.1, -0.05) is 41.4 Å². The zero-order chi connectivity index (χ0) is 16.6. The number of nitrogens with one attached hydrogen (secondary N) is 2. The lowest BCUT2D eigenvalue weighted by molar-refractivity contribution is 0.0692. The van der Waals surface area contributed by atoms with Crippen LogP contribution in [0.1, 0.15) is 20.8 Å². The first kappa shape index (κ1) is 15.4. The summed E-state index contributed by atoms with van der Waals surface area (Å²) in [6.45, 7) is 0. The molecule has 1 heterocycles. The maximum Gasteiger partial charge on any atom is 0.354 e. The quantitative estimate of drug-likeness (QED) is 0.654. The van der Waals surface area contributed by atoms with Crippen molar-refractivity contribution in [1.29, 1.82) is 0 Å². The highest BCUT2D eigenvalue weighted by Crippen LogP contribution is 2.36. The van der Waals surface area contributed by atoms with E-state index in [0.29, 0.717) is 21.5 Å². The van der Waals surface area contributed by atoms with E-state index in [1.54, 1.807) is 36.4 Å². The molecule has 0 spiro atoms. The monoisotopic (exact) mass is 348 g/mol. The molecule has 5 nitrogen and oxygen atoms in total. The SMILES string of the molecule is O=C(Nc1c(C(=O)O)[nH]c2cc(Cl)cc(Cl)c12)c1ccccc1. The second kappa shape index (κ2) is 5.95. The maximum absolute atomic E-state index is 12.3. The summed E-state index contributed by atoms with van der Waals surface area (Å²) in [5, 5.41) is 13.0. The number of rotatable bonds is 3. The fourth-order valence-electron chi connectivity index (χ4n) is 2.31. The molecule has 0 saturated carbocycles. The first-order valence-corrected chi connectivity index (χ1v) is 7.33. The van der Waals surface area contributed by atoms with Crippen molar-refractivity contribution in [2.75, 3.05) is 5.32 Å². The van der Waals surface area contributed by atoms with E-state index in [4.69, 9.17) is 23.2 Å². The topological polar surface area (TPSA) is 82.2 Å². The van der Waals surface area contributed by atoms with Crippen LogP contribution in [0.15, 0.2) is 42.5 Å². The number of H-pyrrole nitrogens is 1. The van der Waals surface area contributed by atoms with E-state index >= 15 is 0 Å². The van der Waals surface area contributed by atoms with E-state index in [-0.39, 0.29) is 16.4 Å². The Morgan fingerprint density at radius 1 is 1.09 bits per heavy atom. The van der Waals surface area contributed by atoms with Gasteiger partial charge in [0.15, 0.2) is 0 Å². The molecule has 0 bridgehead atoms. The first-order valence-electron chi connectivity index (χ1n) is 6.58. The second-order valence-electron chi connectivity index (χ2n) is 4.81. The van der Waals surface area contributed by atoms with E-state index in [1.807, 2.05) is 0 Å². The number of aromatic nitrogens is 1. The van der Waals surface area contributed by atoms with Crippen molar-refractivity contribution in [3.63, 3.8) is 0 Å². The van der Waals surface area contributed by atoms with Gasteiger partial charge in [-0.2, -0.15) is 0 Å². The van der Waals surface area contributed by atoms with Gasteiger partial charge in [-0.3, -0.25) is 4.79 Å². The lowest BCUT2D eigenvalue weighted by atomic mass is 10.2. The van der Waals surface area contributed by atoms with E-state index < -0.39 is 11.9 Å². The summed E-state index contributed by atoms with van der Waals surface area (Å²) in [4.78, 5) is 26.5. The van der Waals surface area contributed by atoms with Crippen molar-refractivity contribution in [2.45, 2.75) is 0 Å². The van der Waals surface area contributed by atoms with E-state index in [2.05, 4.69) is 10.3 Å². The summed E-state index contributed by atoms with van der Waals surface area (Å²) < 4.78 is 0. The molecule has 3 aromatic rings. The number of carbonyl (C=O) groups is 2. The molecule has 0 aliphatic carbocycles. The van der Waals surface area contributed by atoms with Gasteiger partial charge in [-0.15, -0.1) is 0 Å². The molecule has 23 heavy (non-hydrogen) atoms. The van der Waals surface area contributed by atoms with Gasteiger partial charge >= 0.3 is 5.97 Å². The van der Waals surface area contributed by atoms with Crippen molar-refractivity contribution in [3.8, 4) is 0 Å². The van der Waals surface area contributed by atoms with Gasteiger partial charge in [0.1, 0.15) is 5.69 Å². The minimum Gasteiger partial charge on any atom is -0.477 e. The molecule has 0 unspecified atom stereocenters. The predicted molar refractivity (Wildman–Crippen MR) is 89.7 cm³/mol. The zero-order valence-electron chi connectivity index (χ0n) is 11.6. The maximum atomic E-state index is 12.3. The van der Waals surface area contributed by atoms with Crippen molar-refractivity contribution in [3.05, 3.63) is 63.8 Å². The van der Waals surface area contributed by atoms with Crippen LogP contribution in [0.4, 0.5) is 5.69 Å². The normalized spacial score (nSPS) is 10.7. The Hall–Kier alpha value is -2.50. The third kappa shape index (κ3) is 2.88. The molecule has 2 aromatic carbocycles. The number of hydrogen-bond donors (Lipinski definition) is 3. The molecule has 3 rings (SSSR count). The average molecular weight is 349 g/mol. The largest absolute Gasteiger partial charge is 0.477 e. The molecule has 116 valence electrons. The minimum atomic E-state index is -1.21. The predicted octanol–water partition coefficient (Wildman–Crippen LogP) is 4.43. The molecule has 0 radical (unpaired) electrons. The number of fused-ring (bicyclic) bond motifs is 1. The number of benzene rings is 2. The molecular weight excluding hydrogens is 339 g/mol. The summed E-state index contributed by atoms with van der Waals surface area (Å²) in [5.41, 5.74) is 0.794. The number of anilines is 1. The lowest BCUT2D eigenvalue weighted by Crippen LogP contribution is -2.14. The number of halogens is 2. The van der Waals surface area contributed by atoms with Crippen LogP contribution in [0, 0.1) is 0 Å². The van der Waals surface area contributed by atoms with Gasteiger partial charge < -0.3 is 15.4 Å². The number of carbonyl (C=O) groups excluding carboxylic acids is 1. The van der Waals surface area contributed by atoms with E-state index in [1.165, 1.54) is 6.07 Å². The van der Waals surface area contributed by atoms with Crippen molar-refractivity contribution in [1.82, 2.24) is 4.98 Å². The fourth-order valence-corrected chi connectivity index (χ4v) is 2.90. The van der Waals surface area contributed by atoms with Crippen LogP contribution >= 0.6 is 23.2 Å². The minimum absolute atomic E-state index is 0.114. The van der Waals surface area contributed by atoms with Gasteiger partial charge in [-0.05, 0) is 24.3 Å². The second-order valence-corrected chi connectivity index (χ2v) is 5.65. The van der Waals surface area contributed by atoms with Crippen molar-refractivity contribution in [2.24, 2.45) is 0 Å². The molecule has 1 aromatic heterocycles. The molecule has 0 saturated heterocycles. The Balaban J connectivity index is 2.14. The molecule has 0 aliphatic rings. The number of aromatic amines is 1. The standard InChI is InChI=1S/C16H10Cl2N2O3/c17-9-6-10(18)12-11(7-9)19-14(16(22)23)13(12)20-15(21)8-4-2-1-3-5-8/h1-7,19H,(H,20,21)(H,22,23). The average Bonchev–Trinajstić information content (AvgIpc) is 2.87. The Morgan fingerprint density at radius 2 is 1.78 bits per heavy atom. The van der Waals surface area contributed by atoms with Crippen LogP contribution in [-0.4, -0.2) is 22.0 Å². The zero-order valence-corrected chi connectivity index (χ0v) is 13.1. The molecule has 0 aliphatic heterocycles. The van der Waals surface area contributed by atoms with Crippen molar-refractivity contribution >= 4 is 51.7 Å². The number of aromatic carboxylic acids is 1. The summed E-state index contributed by atoms with van der Waals surface area (Å²) >= 11 is 12.1. The Kier molecular flexibility index (Phi) is 3.98. The molecule has 3 N–H and O–H groups in total. The van der Waals surface area contributed by atoms with Crippen LogP contribution in [-0.2, 0) is 0 Å². The van der Waals surface area contributed by atoms with Crippen LogP contribution in [0.25, 0.3) is 10.9 Å². The Labute approximate surface area is 140 Å². The smallest absolute Gasteiger partial charge is 0.354 e. The van der Waals surface area contributed by atoms with Gasteiger partial charge in [0, 0.05) is 16.0 Å². The van der Waals surface area contributed by atoms with Gasteiger partial charge in [0.05, 0.1) is 16.2 Å². The number of amides is 1. The number of carboxylic acid groups (broad SMARTS) is 1. The Bertz CT molecular complexity index is 920. The highest BCUT2D eigenvalue weighted by atomic mass is 35.5. The van der Waals surface area contributed by atoms with Crippen LogP contribution in [0.3, 0.4) is 0 Å². The number of hydrogen-bond acceptors (Lipinski definition) is 2. The molecular formula is C16H10Cl2N2O3. The lowest BCUT2D eigenvalue weighted by Gasteiger charge is -2.06. The molecule has 1 amide bonds. The van der Waals surface area contributed by atoms with E-state index in [9.17, 15) is 14.7 Å². The van der Waals surface area contributed by atoms with Crippen LogP contribution in [0.5, 0.6) is 0 Å². The highest BCUT2D eigenvalue weighted by molar-refractivity contribution is 6.40. The number of carboxylic acids is 1. The Morgan fingerprint density at radius 3 is 2.43 bits per heavy atom. The molecule has 0 fully saturated rings. The van der Waals surface area contributed by atoms with E-state index in [0.717, 1.165) is 0 Å². The van der Waals surface area contributed by atoms with Gasteiger partial charge in [-0.25, -0.2) is 4.79 Å². The van der Waals surface area contributed by atoms with Crippen LogP contribution in [0.2, 0.25) is 10.0 Å². The van der Waals surface area contributed by atoms with Gasteiger partial charge in [0.25, 0.3) is 5.91 Å². The first-order chi connectivity index (χ1) is 11.0. The van der Waals surface area contributed by atoms with Crippen molar-refractivity contribution < 1.29 is 14.7 Å². The van der Waals surface area contributed by atoms with Crippen LogP contribution < -0.4 is 5.32 Å². The third-order valence-electron chi connectivity index (χ3n) is 3.30. The summed E-state index contributed by atoms with van der Waals surface area (Å²) in [5.74, 6) is -1.64. The third-order valence-corrected chi connectivity index (χ3v) is 3.82. The fraction of sp³-hybridized carbons (Fsp3) is 0. The molecule has 0 atom stereocenters. The summed E-state index contributed by atoms with van der Waals surface area (Å²) in [6.07, 6.45) is 0.